The van der Waals surface area contributed by atoms with Gasteiger partial charge >= 0.3 is 130 Å². The van der Waals surface area contributed by atoms with Gasteiger partial charge in [0.1, 0.15) is 0 Å². The average Bonchev–Trinajstić information content (AvgIpc) is 2.56. The molecular weight excluding hydrogens is 386 g/mol. The first-order valence-corrected chi connectivity index (χ1v) is 10.7. The molecule has 0 N–H and O–H groups in total. The van der Waals surface area contributed by atoms with Crippen LogP contribution in [0.1, 0.15) is 27.7 Å². The van der Waals surface area contributed by atoms with E-state index in [1.807, 2.05) is 0 Å². The fraction of sp³-hybridized carbons (Fsp3) is 0.412. The quantitative estimate of drug-likeness (QED) is 0.433. The second-order valence-corrected chi connectivity index (χ2v) is 12.8. The zero-order chi connectivity index (χ0) is 14.4. The fourth-order valence-electron chi connectivity index (χ4n) is 3.42. The number of halogens is 3. The first-order valence-electron chi connectivity index (χ1n) is 6.91. The molecule has 0 spiro atoms. The third-order valence-corrected chi connectivity index (χ3v) is 13.7. The Morgan fingerprint density at radius 3 is 1.50 bits per heavy atom. The maximum atomic E-state index is 2.52. The molecule has 0 saturated heterocycles. The molecule has 0 unspecified atom stereocenters. The van der Waals surface area contributed by atoms with Gasteiger partial charge in [0.25, 0.3) is 0 Å². The van der Waals surface area contributed by atoms with Crippen LogP contribution in [0.4, 0.5) is 0 Å². The van der Waals surface area contributed by atoms with E-state index in [1.54, 1.807) is 16.3 Å². The maximum Gasteiger partial charge on any atom is -1.00 e. The van der Waals surface area contributed by atoms with Crippen molar-refractivity contribution in [3.63, 3.8) is 0 Å². The van der Waals surface area contributed by atoms with Crippen molar-refractivity contribution in [2.75, 3.05) is 0 Å². The van der Waals surface area contributed by atoms with Crippen LogP contribution in [-0.2, 0) is 20.4 Å². The third kappa shape index (κ3) is 3.46. The van der Waals surface area contributed by atoms with Gasteiger partial charge in [0.2, 0.25) is 0 Å². The Morgan fingerprint density at radius 2 is 1.14 bits per heavy atom. The third-order valence-electron chi connectivity index (χ3n) is 5.25. The Bertz CT molecular complexity index is 553. The number of allylic oxidation sites excluding steroid dienone is 4. The van der Waals surface area contributed by atoms with Crippen LogP contribution in [0, 0.1) is 0 Å². The van der Waals surface area contributed by atoms with Crippen molar-refractivity contribution in [2.45, 2.75) is 44.1 Å². The molecule has 0 fully saturated rings. The van der Waals surface area contributed by atoms with Gasteiger partial charge in [0.05, 0.1) is 0 Å². The van der Waals surface area contributed by atoms with Gasteiger partial charge in [0, 0.05) is 0 Å². The van der Waals surface area contributed by atoms with Gasteiger partial charge < -0.3 is 37.2 Å². The van der Waals surface area contributed by atoms with Crippen molar-refractivity contribution in [2.24, 2.45) is 0 Å². The van der Waals surface area contributed by atoms with Crippen LogP contribution in [0.3, 0.4) is 0 Å². The molecule has 0 atom stereocenters. The van der Waals surface area contributed by atoms with E-state index in [1.165, 1.54) is 11.1 Å². The Balaban J connectivity index is 0. The number of hydrogen-bond acceptors (Lipinski definition) is 0. The Labute approximate surface area is 166 Å². The summed E-state index contributed by atoms with van der Waals surface area (Å²) in [5.74, 6) is 0. The van der Waals surface area contributed by atoms with Crippen molar-refractivity contribution in [1.29, 1.82) is 0 Å². The van der Waals surface area contributed by atoms with Crippen molar-refractivity contribution < 1.29 is 57.7 Å². The summed E-state index contributed by atoms with van der Waals surface area (Å²) in [5.41, 5.74) is 6.19. The van der Waals surface area contributed by atoms with Crippen molar-refractivity contribution in [3.05, 3.63) is 52.6 Å². The SMILES string of the molecule is CC1=C(C)[C]([Ti+3])([Si](C)(C)c2ccccc2)C(C)=C1C.[Cl-].[Cl-].[Cl-]. The first-order chi connectivity index (χ1) is 8.74. The van der Waals surface area contributed by atoms with Gasteiger partial charge in [-0.25, -0.2) is 0 Å². The Hall–Kier alpha value is 0.501. The van der Waals surface area contributed by atoms with Crippen LogP contribution in [0.25, 0.3) is 0 Å². The summed E-state index contributed by atoms with van der Waals surface area (Å²) in [6.07, 6.45) is 0. The molecule has 2 rings (SSSR count). The predicted octanol–water partition coefficient (Wildman–Crippen LogP) is -4.45. The molecule has 22 heavy (non-hydrogen) atoms. The molecule has 0 radical (unpaired) electrons. The van der Waals surface area contributed by atoms with E-state index < -0.39 is 8.07 Å². The normalized spacial score (nSPS) is 16.7. The molecule has 0 nitrogen and oxygen atoms in total. The zero-order valence-electron chi connectivity index (χ0n) is 14.0. The van der Waals surface area contributed by atoms with Gasteiger partial charge in [-0.3, -0.25) is 0 Å². The molecule has 1 aliphatic carbocycles. The molecule has 0 aliphatic heterocycles. The summed E-state index contributed by atoms with van der Waals surface area (Å²) in [6, 6.07) is 11.1. The molecule has 0 amide bonds. The van der Waals surface area contributed by atoms with Gasteiger partial charge in [-0.1, -0.05) is 0 Å². The second-order valence-electron chi connectivity index (χ2n) is 6.24. The van der Waals surface area contributed by atoms with Crippen LogP contribution >= 0.6 is 0 Å². The Kier molecular flexibility index (Phi) is 9.62. The van der Waals surface area contributed by atoms with Gasteiger partial charge in [0.15, 0.2) is 0 Å². The molecular formula is C17H23Cl3SiTi. The molecule has 0 saturated carbocycles. The number of hydrogen-bond donors (Lipinski definition) is 0. The van der Waals surface area contributed by atoms with E-state index in [9.17, 15) is 0 Å². The molecule has 120 valence electrons. The summed E-state index contributed by atoms with van der Waals surface area (Å²) in [6.45, 7) is 14.3. The van der Waals surface area contributed by atoms with Gasteiger partial charge in [-0.2, -0.15) is 0 Å². The number of benzene rings is 1. The molecule has 1 aromatic rings. The zero-order valence-corrected chi connectivity index (χ0v) is 18.8. The van der Waals surface area contributed by atoms with E-state index in [0.717, 1.165) is 0 Å². The fourth-order valence-corrected chi connectivity index (χ4v) is 8.39. The minimum absolute atomic E-state index is 0. The largest absolute Gasteiger partial charge is 1.00 e. The molecule has 0 bridgehead atoms. The predicted molar refractivity (Wildman–Crippen MR) is 83.0 cm³/mol. The topological polar surface area (TPSA) is 0 Å². The van der Waals surface area contributed by atoms with E-state index >= 15 is 0 Å². The van der Waals surface area contributed by atoms with E-state index in [-0.39, 0.29) is 40.6 Å². The molecule has 1 aromatic carbocycles. The first kappa shape index (κ1) is 24.7. The van der Waals surface area contributed by atoms with E-state index in [0.29, 0.717) is 0 Å². The minimum atomic E-state index is -1.60. The molecule has 1 aliphatic rings. The molecule has 0 heterocycles. The number of rotatable bonds is 2. The summed E-state index contributed by atoms with van der Waals surface area (Å²) in [4.78, 5) is 0. The van der Waals surface area contributed by atoms with Crippen molar-refractivity contribution in [3.8, 4) is 0 Å². The van der Waals surface area contributed by atoms with E-state index in [4.69, 9.17) is 0 Å². The van der Waals surface area contributed by atoms with Crippen LogP contribution in [0.5, 0.6) is 0 Å². The summed E-state index contributed by atoms with van der Waals surface area (Å²) < 4.78 is 0.252. The Morgan fingerprint density at radius 1 is 0.773 bits per heavy atom. The van der Waals surface area contributed by atoms with Gasteiger partial charge in [-0.05, 0) is 0 Å². The minimum Gasteiger partial charge on any atom is -1.00 e. The maximum absolute atomic E-state index is 2.52. The van der Waals surface area contributed by atoms with Crippen molar-refractivity contribution >= 4 is 13.3 Å². The molecule has 0 aromatic heterocycles. The standard InChI is InChI=1S/C17H23Si.3ClH.Ti/c1-12-13(2)15(4)17(14(12)3)18(5,6)16-10-8-7-9-11-16;;;;/h7-11H,1-6H3;3*1H;/q;;;;+3/p-3. The van der Waals surface area contributed by atoms with Crippen LogP contribution in [0.2, 0.25) is 16.4 Å². The summed E-state index contributed by atoms with van der Waals surface area (Å²) in [7, 11) is -1.60. The smallest absolute Gasteiger partial charge is 1.00 e. The second kappa shape index (κ2) is 8.56. The summed E-state index contributed by atoms with van der Waals surface area (Å²) >= 11 is 2.47. The van der Waals surface area contributed by atoms with Crippen LogP contribution in [0.15, 0.2) is 52.6 Å². The molecule has 5 heteroatoms. The van der Waals surface area contributed by atoms with Gasteiger partial charge in [-0.15, -0.1) is 0 Å². The summed E-state index contributed by atoms with van der Waals surface area (Å²) in [5, 5.41) is 1.55. The van der Waals surface area contributed by atoms with Crippen molar-refractivity contribution in [1.82, 2.24) is 0 Å². The van der Waals surface area contributed by atoms with Crippen LogP contribution in [-0.4, -0.2) is 8.07 Å². The average molecular weight is 410 g/mol. The van der Waals surface area contributed by atoms with E-state index in [2.05, 4.69) is 91.6 Å². The van der Waals surface area contributed by atoms with Crippen LogP contribution < -0.4 is 42.4 Å². The monoisotopic (exact) mass is 408 g/mol.